The Labute approximate surface area is 199 Å². The number of hydrogen-bond donors (Lipinski definition) is 1. The molecule has 34 heavy (non-hydrogen) atoms. The maximum atomic E-state index is 13.2. The van der Waals surface area contributed by atoms with Gasteiger partial charge in [0, 0.05) is 35.4 Å². The summed E-state index contributed by atoms with van der Waals surface area (Å²) in [6, 6.07) is 9.85. The van der Waals surface area contributed by atoms with Crippen LogP contribution in [0.15, 0.2) is 44.3 Å². The monoisotopic (exact) mass is 462 g/mol. The van der Waals surface area contributed by atoms with Crippen LogP contribution in [0.2, 0.25) is 0 Å². The number of rotatable bonds is 7. The van der Waals surface area contributed by atoms with Gasteiger partial charge >= 0.3 is 5.76 Å². The van der Waals surface area contributed by atoms with Gasteiger partial charge in [0.1, 0.15) is 0 Å². The van der Waals surface area contributed by atoms with Gasteiger partial charge in [-0.05, 0) is 87.2 Å². The predicted octanol–water partition coefficient (Wildman–Crippen LogP) is 4.06. The van der Waals surface area contributed by atoms with Crippen LogP contribution in [-0.4, -0.2) is 31.7 Å². The van der Waals surface area contributed by atoms with Gasteiger partial charge in [0.25, 0.3) is 5.56 Å². The zero-order valence-electron chi connectivity index (χ0n) is 20.6. The van der Waals surface area contributed by atoms with Crippen molar-refractivity contribution in [3.05, 3.63) is 73.6 Å². The molecule has 3 heterocycles. The van der Waals surface area contributed by atoms with Crippen molar-refractivity contribution < 1.29 is 4.42 Å². The van der Waals surface area contributed by atoms with Gasteiger partial charge in [-0.3, -0.25) is 9.69 Å². The topological polar surface area (TPSA) is 84.1 Å². The molecule has 2 fully saturated rings. The van der Waals surface area contributed by atoms with Crippen LogP contribution in [0.4, 0.5) is 0 Å². The molecule has 1 saturated heterocycles. The number of nitrogens with one attached hydrogen (secondary N) is 1. The first kappa shape index (κ1) is 22.8. The Kier molecular flexibility index (Phi) is 5.84. The molecule has 1 N–H and O–H groups in total. The second kappa shape index (κ2) is 8.69. The van der Waals surface area contributed by atoms with E-state index in [9.17, 15) is 9.59 Å². The molecule has 1 aromatic carbocycles. The fourth-order valence-corrected chi connectivity index (χ4v) is 6.08. The molecule has 5 rings (SSSR count). The summed E-state index contributed by atoms with van der Waals surface area (Å²) in [6.45, 7) is 11.3. The number of nitrogens with zero attached hydrogens (tertiary/aromatic N) is 3. The average molecular weight is 463 g/mol. The minimum absolute atomic E-state index is 0.111. The molecule has 0 bridgehead atoms. The number of hydrogen-bond acceptors (Lipinski definition) is 5. The molecule has 7 nitrogen and oxygen atoms in total. The first-order valence-electron chi connectivity index (χ1n) is 12.4. The number of aryl methyl sites for hydroxylation is 3. The first-order chi connectivity index (χ1) is 16.3. The van der Waals surface area contributed by atoms with Crippen molar-refractivity contribution in [2.75, 3.05) is 6.54 Å². The number of benzene rings is 1. The van der Waals surface area contributed by atoms with Crippen molar-refractivity contribution in [3.8, 4) is 11.5 Å². The molecule has 2 atom stereocenters. The summed E-state index contributed by atoms with van der Waals surface area (Å²) in [6.07, 6.45) is 4.58. The fourth-order valence-electron chi connectivity index (χ4n) is 6.08. The van der Waals surface area contributed by atoms with Gasteiger partial charge in [0.2, 0.25) is 5.89 Å². The second-order valence-electron chi connectivity index (χ2n) is 10.5. The molecule has 0 amide bonds. The molecule has 7 heteroatoms. The van der Waals surface area contributed by atoms with Crippen molar-refractivity contribution in [1.82, 2.24) is 19.7 Å². The van der Waals surface area contributed by atoms with E-state index in [0.717, 1.165) is 47.8 Å². The Morgan fingerprint density at radius 2 is 1.94 bits per heavy atom. The van der Waals surface area contributed by atoms with Crippen molar-refractivity contribution in [1.29, 1.82) is 0 Å². The van der Waals surface area contributed by atoms with E-state index in [2.05, 4.69) is 41.9 Å². The quantitative estimate of drug-likeness (QED) is 0.572. The molecule has 180 valence electrons. The Morgan fingerprint density at radius 3 is 2.59 bits per heavy atom. The van der Waals surface area contributed by atoms with Crippen LogP contribution in [-0.2, 0) is 19.5 Å². The summed E-state index contributed by atoms with van der Waals surface area (Å²) >= 11 is 0. The number of aromatic nitrogens is 3. The van der Waals surface area contributed by atoms with Crippen LogP contribution in [0.25, 0.3) is 11.5 Å². The van der Waals surface area contributed by atoms with Crippen molar-refractivity contribution in [3.63, 3.8) is 0 Å². The Morgan fingerprint density at radius 1 is 1.18 bits per heavy atom. The van der Waals surface area contributed by atoms with Gasteiger partial charge in [0.05, 0.1) is 0 Å². The maximum Gasteiger partial charge on any atom is 0.434 e. The van der Waals surface area contributed by atoms with Crippen LogP contribution in [0.3, 0.4) is 0 Å². The molecule has 0 radical (unpaired) electrons. The lowest BCUT2D eigenvalue weighted by molar-refractivity contribution is 0.192. The van der Waals surface area contributed by atoms with E-state index in [-0.39, 0.29) is 11.4 Å². The van der Waals surface area contributed by atoms with E-state index in [1.807, 2.05) is 35.8 Å². The molecule has 2 aromatic heterocycles. The summed E-state index contributed by atoms with van der Waals surface area (Å²) in [5.41, 5.74) is 5.48. The number of H-pyrrole nitrogens is 1. The maximum absolute atomic E-state index is 13.2. The zero-order chi connectivity index (χ0) is 24.0. The molecule has 1 saturated carbocycles. The molecule has 1 aliphatic carbocycles. The summed E-state index contributed by atoms with van der Waals surface area (Å²) < 4.78 is 7.04. The van der Waals surface area contributed by atoms with Crippen molar-refractivity contribution >= 4 is 0 Å². The molecule has 3 aromatic rings. The predicted molar refractivity (Wildman–Crippen MR) is 132 cm³/mol. The van der Waals surface area contributed by atoms with Gasteiger partial charge in [-0.2, -0.15) is 0 Å². The average Bonchev–Trinajstić information content (AvgIpc) is 3.16. The standard InChI is InChI=1S/C27H34N4O3/c1-17(2)22-15-27(22)11-5-12-30(27)16-23-18(3)14-19(4)25(32)31(23)13-10-20-6-8-21(9-7-20)24-28-29-26(33)34-24/h6-9,14,17,22H,5,10-13,15-16H2,1-4H3,(H,29,33)/t22-,27?/m0/s1. The Balaban J connectivity index is 1.37. The van der Waals surface area contributed by atoms with E-state index < -0.39 is 5.76 Å². The van der Waals surface area contributed by atoms with E-state index in [1.165, 1.54) is 24.8 Å². The molecule has 1 spiro atoms. The minimum atomic E-state index is -0.563. The van der Waals surface area contributed by atoms with Crippen molar-refractivity contribution in [2.45, 2.75) is 72.0 Å². The fraction of sp³-hybridized carbons (Fsp3) is 0.519. The molecular weight excluding hydrogens is 428 g/mol. The molecule has 2 aliphatic rings. The summed E-state index contributed by atoms with van der Waals surface area (Å²) in [5.74, 6) is 1.20. The van der Waals surface area contributed by atoms with Gasteiger partial charge in [-0.25, -0.2) is 9.89 Å². The van der Waals surface area contributed by atoms with Crippen LogP contribution in [0.5, 0.6) is 0 Å². The lowest BCUT2D eigenvalue weighted by atomic mass is 10.0. The van der Waals surface area contributed by atoms with Gasteiger partial charge in [-0.15, -0.1) is 5.10 Å². The number of likely N-dealkylation sites (tertiary alicyclic amines) is 1. The normalized spacial score (nSPS) is 22.2. The van der Waals surface area contributed by atoms with E-state index in [1.54, 1.807) is 0 Å². The summed E-state index contributed by atoms with van der Waals surface area (Å²) in [4.78, 5) is 27.1. The lowest BCUT2D eigenvalue weighted by Crippen LogP contribution is -2.37. The Hall–Kier alpha value is -2.93. The van der Waals surface area contributed by atoms with Crippen LogP contribution < -0.4 is 11.3 Å². The van der Waals surface area contributed by atoms with Crippen LogP contribution >= 0.6 is 0 Å². The third-order valence-corrected chi connectivity index (χ3v) is 7.98. The highest BCUT2D eigenvalue weighted by molar-refractivity contribution is 5.52. The van der Waals surface area contributed by atoms with Crippen LogP contribution in [0, 0.1) is 25.7 Å². The van der Waals surface area contributed by atoms with Crippen LogP contribution in [0.1, 0.15) is 55.5 Å². The lowest BCUT2D eigenvalue weighted by Gasteiger charge is -2.29. The largest absolute Gasteiger partial charge is 0.434 e. The van der Waals surface area contributed by atoms with Gasteiger partial charge in [0.15, 0.2) is 0 Å². The zero-order valence-corrected chi connectivity index (χ0v) is 20.6. The smallest absolute Gasteiger partial charge is 0.388 e. The highest BCUT2D eigenvalue weighted by Crippen LogP contribution is 2.58. The Bertz CT molecular complexity index is 1300. The number of aromatic amines is 1. The first-order valence-corrected chi connectivity index (χ1v) is 12.4. The van der Waals surface area contributed by atoms with E-state index in [0.29, 0.717) is 18.0 Å². The van der Waals surface area contributed by atoms with Gasteiger partial charge in [-0.1, -0.05) is 26.0 Å². The van der Waals surface area contributed by atoms with E-state index in [4.69, 9.17) is 4.42 Å². The summed E-state index contributed by atoms with van der Waals surface area (Å²) in [7, 11) is 0. The van der Waals surface area contributed by atoms with E-state index >= 15 is 0 Å². The highest BCUT2D eigenvalue weighted by atomic mass is 16.4. The molecule has 1 aliphatic heterocycles. The third-order valence-electron chi connectivity index (χ3n) is 7.98. The highest BCUT2D eigenvalue weighted by Gasteiger charge is 2.60. The summed E-state index contributed by atoms with van der Waals surface area (Å²) in [5, 5.41) is 6.16. The third kappa shape index (κ3) is 4.06. The number of pyridine rings is 1. The molecular formula is C27H34N4O3. The molecule has 1 unspecified atom stereocenters. The second-order valence-corrected chi connectivity index (χ2v) is 10.5. The minimum Gasteiger partial charge on any atom is -0.388 e. The SMILES string of the molecule is Cc1cc(C)c(=O)n(CCc2ccc(-c3n[nH]c(=O)o3)cc2)c1CN1CCCC12C[C@H]2C(C)C. The van der Waals surface area contributed by atoms with Gasteiger partial charge < -0.3 is 8.98 Å². The van der Waals surface area contributed by atoms with Crippen molar-refractivity contribution in [2.24, 2.45) is 11.8 Å².